The summed E-state index contributed by atoms with van der Waals surface area (Å²) in [6, 6.07) is 5.72. The molecule has 3 N–H and O–H groups in total. The van der Waals surface area contributed by atoms with E-state index in [1.165, 1.54) is 19.3 Å². The summed E-state index contributed by atoms with van der Waals surface area (Å²) >= 11 is 0. The van der Waals surface area contributed by atoms with Gasteiger partial charge in [0.1, 0.15) is 0 Å². The molecule has 6 heteroatoms. The molecular formula is C33H51NO5. The summed E-state index contributed by atoms with van der Waals surface area (Å²) in [5.74, 6) is 4.72. The van der Waals surface area contributed by atoms with Crippen LogP contribution < -0.4 is 14.8 Å². The van der Waals surface area contributed by atoms with Crippen LogP contribution in [0, 0.1) is 46.3 Å². The minimum atomic E-state index is -0.278. The molecule has 10 atom stereocenters. The van der Waals surface area contributed by atoms with Gasteiger partial charge in [0, 0.05) is 13.0 Å². The molecule has 4 aliphatic rings. The van der Waals surface area contributed by atoms with Crippen molar-refractivity contribution in [2.24, 2.45) is 46.3 Å². The predicted molar refractivity (Wildman–Crippen MR) is 152 cm³/mol. The van der Waals surface area contributed by atoms with Gasteiger partial charge in [-0.1, -0.05) is 26.8 Å². The Morgan fingerprint density at radius 2 is 1.79 bits per heavy atom. The van der Waals surface area contributed by atoms with E-state index in [9.17, 15) is 15.0 Å². The summed E-state index contributed by atoms with van der Waals surface area (Å²) in [6.45, 7) is 7.63. The Labute approximate surface area is 235 Å². The number of methoxy groups -OCH3 is 2. The van der Waals surface area contributed by atoms with Gasteiger partial charge in [0.15, 0.2) is 11.5 Å². The van der Waals surface area contributed by atoms with Gasteiger partial charge < -0.3 is 25.0 Å². The smallest absolute Gasteiger partial charge is 0.220 e. The van der Waals surface area contributed by atoms with Gasteiger partial charge in [0.25, 0.3) is 0 Å². The highest BCUT2D eigenvalue weighted by Gasteiger charge is 2.63. The molecule has 218 valence electrons. The molecular weight excluding hydrogens is 490 g/mol. The van der Waals surface area contributed by atoms with Crippen molar-refractivity contribution in [1.82, 2.24) is 5.32 Å². The molecule has 6 nitrogen and oxygen atoms in total. The summed E-state index contributed by atoms with van der Waals surface area (Å²) in [5, 5.41) is 25.2. The van der Waals surface area contributed by atoms with E-state index >= 15 is 0 Å². The van der Waals surface area contributed by atoms with E-state index in [2.05, 4.69) is 26.1 Å². The molecule has 0 radical (unpaired) electrons. The molecule has 5 rings (SSSR count). The fourth-order valence-electron chi connectivity index (χ4n) is 10.00. The zero-order chi connectivity index (χ0) is 27.9. The van der Waals surface area contributed by atoms with Gasteiger partial charge in [-0.25, -0.2) is 0 Å². The second-order valence-corrected chi connectivity index (χ2v) is 13.9. The normalized spacial score (nSPS) is 40.1. The molecule has 39 heavy (non-hydrogen) atoms. The fraction of sp³-hybridized carbons (Fsp3) is 0.788. The standard InChI is InChI=1S/C33H51NO5/c1-20(6-13-31(37)34-19-21-7-12-28(38-4)29(16-21)39-5)25-10-11-26-24-9-8-22-17-23(35)14-15-32(22,2)27(24)18-30(36)33(25,26)3/h7,12,16,20,22-27,30,35-36H,6,8-11,13-15,17-19H2,1-5H3,(H,34,37)/t20-,22-,23-,24+,25-,26+,27+,30+,32+,33-/m1/s1. The first-order chi connectivity index (χ1) is 18.6. The van der Waals surface area contributed by atoms with Crippen LogP contribution in [0.25, 0.3) is 0 Å². The molecule has 4 saturated carbocycles. The van der Waals surface area contributed by atoms with Crippen molar-refractivity contribution in [3.63, 3.8) is 0 Å². The molecule has 0 heterocycles. The van der Waals surface area contributed by atoms with Crippen LogP contribution in [0.1, 0.15) is 90.5 Å². The number of ether oxygens (including phenoxy) is 2. The number of aliphatic hydroxyl groups is 2. The van der Waals surface area contributed by atoms with E-state index in [1.54, 1.807) is 14.2 Å². The second kappa shape index (κ2) is 11.2. The fourth-order valence-corrected chi connectivity index (χ4v) is 10.00. The van der Waals surface area contributed by atoms with Crippen LogP contribution in [0.15, 0.2) is 18.2 Å². The molecule has 1 aromatic rings. The number of aliphatic hydroxyl groups excluding tert-OH is 2. The molecule has 0 spiro atoms. The third-order valence-electron chi connectivity index (χ3n) is 12.3. The zero-order valence-corrected chi connectivity index (χ0v) is 24.7. The van der Waals surface area contributed by atoms with E-state index in [0.29, 0.717) is 60.0 Å². The first-order valence-electron chi connectivity index (χ1n) is 15.5. The molecule has 0 unspecified atom stereocenters. The lowest BCUT2D eigenvalue weighted by atomic mass is 9.43. The molecule has 1 aromatic carbocycles. The topological polar surface area (TPSA) is 88.0 Å². The van der Waals surface area contributed by atoms with E-state index in [4.69, 9.17) is 9.47 Å². The molecule has 1 amide bonds. The van der Waals surface area contributed by atoms with Crippen molar-refractivity contribution in [3.05, 3.63) is 23.8 Å². The van der Waals surface area contributed by atoms with Crippen molar-refractivity contribution < 1.29 is 24.5 Å². The SMILES string of the molecule is COc1ccc(CNC(=O)CC[C@@H](C)[C@H]2CC[C@H]3[C@@H]4CC[C@@H]5C[C@H](O)CC[C@]5(C)[C@H]4C[C@H](O)[C@]23C)cc1OC. The van der Waals surface area contributed by atoms with Gasteiger partial charge in [0.05, 0.1) is 26.4 Å². The maximum Gasteiger partial charge on any atom is 0.220 e. The third kappa shape index (κ3) is 5.09. The van der Waals surface area contributed by atoms with Crippen LogP contribution in [-0.2, 0) is 11.3 Å². The largest absolute Gasteiger partial charge is 0.493 e. The zero-order valence-electron chi connectivity index (χ0n) is 24.7. The van der Waals surface area contributed by atoms with E-state index in [1.807, 2.05) is 18.2 Å². The highest BCUT2D eigenvalue weighted by atomic mass is 16.5. The molecule has 0 aliphatic heterocycles. The second-order valence-electron chi connectivity index (χ2n) is 13.9. The van der Waals surface area contributed by atoms with E-state index < -0.39 is 0 Å². The number of hydrogen-bond acceptors (Lipinski definition) is 5. The predicted octanol–water partition coefficient (Wildman–Crippen LogP) is 5.73. The van der Waals surface area contributed by atoms with Gasteiger partial charge >= 0.3 is 0 Å². The van der Waals surface area contributed by atoms with Crippen molar-refractivity contribution >= 4 is 5.91 Å². The summed E-state index contributed by atoms with van der Waals surface area (Å²) in [4.78, 5) is 12.8. The quantitative estimate of drug-likeness (QED) is 0.391. The van der Waals surface area contributed by atoms with Gasteiger partial charge in [-0.05, 0) is 122 Å². The molecule has 4 fully saturated rings. The van der Waals surface area contributed by atoms with Crippen LogP contribution in [0.2, 0.25) is 0 Å². The Morgan fingerprint density at radius 3 is 2.54 bits per heavy atom. The number of fused-ring (bicyclic) bond motifs is 5. The van der Waals surface area contributed by atoms with Gasteiger partial charge in [-0.2, -0.15) is 0 Å². The lowest BCUT2D eigenvalue weighted by Gasteiger charge is -2.62. The number of benzene rings is 1. The Hall–Kier alpha value is -1.79. The van der Waals surface area contributed by atoms with Crippen molar-refractivity contribution in [2.75, 3.05) is 14.2 Å². The highest BCUT2D eigenvalue weighted by Crippen LogP contribution is 2.68. The van der Waals surface area contributed by atoms with Gasteiger partial charge in [0.2, 0.25) is 5.91 Å². The van der Waals surface area contributed by atoms with Gasteiger partial charge in [-0.15, -0.1) is 0 Å². The number of hydrogen-bond donors (Lipinski definition) is 3. The maximum atomic E-state index is 12.8. The summed E-state index contributed by atoms with van der Waals surface area (Å²) in [5.41, 5.74) is 1.18. The monoisotopic (exact) mass is 541 g/mol. The summed E-state index contributed by atoms with van der Waals surface area (Å²) in [7, 11) is 3.23. The summed E-state index contributed by atoms with van der Waals surface area (Å²) in [6.07, 6.45) is 9.69. The first-order valence-corrected chi connectivity index (χ1v) is 15.5. The minimum absolute atomic E-state index is 0.0614. The van der Waals surface area contributed by atoms with E-state index in [-0.39, 0.29) is 28.9 Å². The number of carbonyl (C=O) groups is 1. The average Bonchev–Trinajstić information content (AvgIpc) is 3.30. The number of rotatable bonds is 8. The highest BCUT2D eigenvalue weighted by molar-refractivity contribution is 5.75. The lowest BCUT2D eigenvalue weighted by Crippen LogP contribution is -2.58. The lowest BCUT2D eigenvalue weighted by molar-refractivity contribution is -0.174. The van der Waals surface area contributed by atoms with Crippen LogP contribution in [0.3, 0.4) is 0 Å². The van der Waals surface area contributed by atoms with Gasteiger partial charge in [-0.3, -0.25) is 4.79 Å². The molecule has 0 aromatic heterocycles. The minimum Gasteiger partial charge on any atom is -0.493 e. The Bertz CT molecular complexity index is 1030. The van der Waals surface area contributed by atoms with Crippen LogP contribution >= 0.6 is 0 Å². The third-order valence-corrected chi connectivity index (χ3v) is 12.3. The Balaban J connectivity index is 1.18. The maximum absolute atomic E-state index is 12.8. The Morgan fingerprint density at radius 1 is 1.03 bits per heavy atom. The van der Waals surface area contributed by atoms with Crippen molar-refractivity contribution in [3.8, 4) is 11.5 Å². The molecule has 0 saturated heterocycles. The molecule has 4 aliphatic carbocycles. The summed E-state index contributed by atoms with van der Waals surface area (Å²) < 4.78 is 10.7. The Kier molecular flexibility index (Phi) is 8.28. The van der Waals surface area contributed by atoms with Crippen molar-refractivity contribution in [2.45, 2.75) is 104 Å². The number of amides is 1. The molecule has 0 bridgehead atoms. The van der Waals surface area contributed by atoms with Crippen molar-refractivity contribution in [1.29, 1.82) is 0 Å². The average molecular weight is 542 g/mol. The number of carbonyl (C=O) groups excluding carboxylic acids is 1. The number of nitrogens with one attached hydrogen (secondary N) is 1. The first kappa shape index (κ1) is 28.7. The van der Waals surface area contributed by atoms with Crippen LogP contribution in [0.5, 0.6) is 11.5 Å². The van der Waals surface area contributed by atoms with Crippen LogP contribution in [-0.4, -0.2) is 42.5 Å². The van der Waals surface area contributed by atoms with Crippen LogP contribution in [0.4, 0.5) is 0 Å². The van der Waals surface area contributed by atoms with E-state index in [0.717, 1.165) is 44.1 Å².